The molecule has 0 amide bonds. The van der Waals surface area contributed by atoms with E-state index in [0.717, 1.165) is 12.8 Å². The minimum atomic E-state index is 0. The van der Waals surface area contributed by atoms with Crippen molar-refractivity contribution in [3.8, 4) is 0 Å². The summed E-state index contributed by atoms with van der Waals surface area (Å²) in [5, 5.41) is 0. The van der Waals surface area contributed by atoms with E-state index in [1.54, 1.807) is 0 Å². The standard InChI is InChI=1S/C8H19N.HI/c1-4-7-8(9,5-2)6-3;/h4-7,9H2,1-3H3;1H. The van der Waals surface area contributed by atoms with Gasteiger partial charge in [-0.25, -0.2) is 0 Å². The van der Waals surface area contributed by atoms with Gasteiger partial charge in [-0.05, 0) is 19.3 Å². The van der Waals surface area contributed by atoms with Crippen LogP contribution in [0.5, 0.6) is 0 Å². The summed E-state index contributed by atoms with van der Waals surface area (Å²) < 4.78 is 0. The summed E-state index contributed by atoms with van der Waals surface area (Å²) in [5.74, 6) is 0. The van der Waals surface area contributed by atoms with Gasteiger partial charge < -0.3 is 5.73 Å². The van der Waals surface area contributed by atoms with Gasteiger partial charge in [-0.15, -0.1) is 24.0 Å². The fourth-order valence-electron chi connectivity index (χ4n) is 1.10. The van der Waals surface area contributed by atoms with Gasteiger partial charge in [-0.2, -0.15) is 0 Å². The zero-order valence-corrected chi connectivity index (χ0v) is 9.64. The molecule has 0 aromatic carbocycles. The van der Waals surface area contributed by atoms with Crippen molar-refractivity contribution in [1.29, 1.82) is 0 Å². The Morgan fingerprint density at radius 1 is 1.10 bits per heavy atom. The van der Waals surface area contributed by atoms with E-state index in [2.05, 4.69) is 20.8 Å². The lowest BCUT2D eigenvalue weighted by Crippen LogP contribution is -2.37. The molecular formula is C8H20IN. The predicted molar refractivity (Wildman–Crippen MR) is 57.8 cm³/mol. The summed E-state index contributed by atoms with van der Waals surface area (Å²) in [6.45, 7) is 6.52. The zero-order valence-electron chi connectivity index (χ0n) is 7.31. The molecule has 10 heavy (non-hydrogen) atoms. The Bertz CT molecular complexity index is 69.7. The molecular weight excluding hydrogens is 237 g/mol. The minimum Gasteiger partial charge on any atom is -0.325 e. The normalized spacial score (nSPS) is 10.8. The maximum atomic E-state index is 6.01. The van der Waals surface area contributed by atoms with Crippen LogP contribution in [0.2, 0.25) is 0 Å². The number of halogens is 1. The van der Waals surface area contributed by atoms with Crippen LogP contribution >= 0.6 is 24.0 Å². The smallest absolute Gasteiger partial charge is 0.0149 e. The van der Waals surface area contributed by atoms with Gasteiger partial charge in [0.15, 0.2) is 0 Å². The molecule has 0 fully saturated rings. The van der Waals surface area contributed by atoms with Crippen LogP contribution in [0.3, 0.4) is 0 Å². The molecule has 0 radical (unpaired) electrons. The Balaban J connectivity index is 0. The van der Waals surface area contributed by atoms with Crippen molar-refractivity contribution in [3.63, 3.8) is 0 Å². The van der Waals surface area contributed by atoms with E-state index in [1.807, 2.05) is 0 Å². The first-order chi connectivity index (χ1) is 4.18. The molecule has 2 N–H and O–H groups in total. The van der Waals surface area contributed by atoms with Crippen molar-refractivity contribution < 1.29 is 0 Å². The van der Waals surface area contributed by atoms with Crippen LogP contribution in [0.25, 0.3) is 0 Å². The summed E-state index contributed by atoms with van der Waals surface area (Å²) in [5.41, 5.74) is 6.14. The van der Waals surface area contributed by atoms with Crippen LogP contribution in [0.4, 0.5) is 0 Å². The zero-order chi connectivity index (χ0) is 7.33. The van der Waals surface area contributed by atoms with Crippen LogP contribution < -0.4 is 5.73 Å². The van der Waals surface area contributed by atoms with Crippen molar-refractivity contribution in [2.24, 2.45) is 5.73 Å². The molecule has 0 aliphatic carbocycles. The monoisotopic (exact) mass is 257 g/mol. The van der Waals surface area contributed by atoms with Crippen LogP contribution in [-0.4, -0.2) is 5.54 Å². The molecule has 0 heterocycles. The third-order valence-corrected chi connectivity index (χ3v) is 2.16. The van der Waals surface area contributed by atoms with Crippen molar-refractivity contribution in [2.45, 2.75) is 52.0 Å². The number of rotatable bonds is 4. The molecule has 0 spiro atoms. The van der Waals surface area contributed by atoms with Crippen LogP contribution in [0.1, 0.15) is 46.5 Å². The molecule has 0 aromatic heterocycles. The maximum Gasteiger partial charge on any atom is 0.0149 e. The van der Waals surface area contributed by atoms with E-state index in [9.17, 15) is 0 Å². The molecule has 0 aromatic rings. The molecule has 0 rings (SSSR count). The summed E-state index contributed by atoms with van der Waals surface area (Å²) in [6.07, 6.45) is 4.59. The number of nitrogens with two attached hydrogens (primary N) is 1. The van der Waals surface area contributed by atoms with Crippen LogP contribution in [0, 0.1) is 0 Å². The van der Waals surface area contributed by atoms with Gasteiger partial charge in [0, 0.05) is 5.54 Å². The second-order valence-corrected chi connectivity index (χ2v) is 2.82. The third kappa shape index (κ3) is 4.50. The number of hydrogen-bond acceptors (Lipinski definition) is 1. The van der Waals surface area contributed by atoms with E-state index in [-0.39, 0.29) is 29.5 Å². The summed E-state index contributed by atoms with van der Waals surface area (Å²) in [7, 11) is 0. The maximum absolute atomic E-state index is 6.01. The Morgan fingerprint density at radius 2 is 1.50 bits per heavy atom. The van der Waals surface area contributed by atoms with E-state index in [0.29, 0.717) is 0 Å². The summed E-state index contributed by atoms with van der Waals surface area (Å²) in [4.78, 5) is 0. The van der Waals surface area contributed by atoms with Crippen molar-refractivity contribution in [1.82, 2.24) is 0 Å². The van der Waals surface area contributed by atoms with E-state index < -0.39 is 0 Å². The van der Waals surface area contributed by atoms with Crippen LogP contribution in [-0.2, 0) is 0 Å². The quantitative estimate of drug-likeness (QED) is 0.770. The lowest BCUT2D eigenvalue weighted by atomic mass is 9.89. The highest BCUT2D eigenvalue weighted by atomic mass is 127. The topological polar surface area (TPSA) is 26.0 Å². The molecule has 0 atom stereocenters. The SMILES string of the molecule is CCCC(N)(CC)CC.I. The van der Waals surface area contributed by atoms with Crippen molar-refractivity contribution >= 4 is 24.0 Å². The Kier molecular flexibility index (Phi) is 8.51. The molecule has 1 nitrogen and oxygen atoms in total. The lowest BCUT2D eigenvalue weighted by molar-refractivity contribution is 0.363. The first kappa shape index (κ1) is 13.3. The Morgan fingerprint density at radius 3 is 1.60 bits per heavy atom. The fraction of sp³-hybridized carbons (Fsp3) is 1.00. The van der Waals surface area contributed by atoms with Gasteiger partial charge in [0.05, 0.1) is 0 Å². The largest absolute Gasteiger partial charge is 0.325 e. The van der Waals surface area contributed by atoms with Gasteiger partial charge in [-0.1, -0.05) is 27.2 Å². The van der Waals surface area contributed by atoms with Gasteiger partial charge in [0.25, 0.3) is 0 Å². The first-order valence-corrected chi connectivity index (χ1v) is 3.97. The lowest BCUT2D eigenvalue weighted by Gasteiger charge is -2.25. The molecule has 0 saturated heterocycles. The Labute approximate surface area is 81.8 Å². The molecule has 0 aliphatic rings. The molecule has 0 saturated carbocycles. The average Bonchev–Trinajstić information content (AvgIpc) is 1.89. The van der Waals surface area contributed by atoms with Gasteiger partial charge in [0.2, 0.25) is 0 Å². The van der Waals surface area contributed by atoms with E-state index in [4.69, 9.17) is 5.73 Å². The van der Waals surface area contributed by atoms with E-state index >= 15 is 0 Å². The van der Waals surface area contributed by atoms with E-state index in [1.165, 1.54) is 12.8 Å². The molecule has 0 bridgehead atoms. The molecule has 0 unspecified atom stereocenters. The second-order valence-electron chi connectivity index (χ2n) is 2.82. The minimum absolute atomic E-state index is 0. The van der Waals surface area contributed by atoms with Crippen molar-refractivity contribution in [3.05, 3.63) is 0 Å². The molecule has 64 valence electrons. The number of hydrogen-bond donors (Lipinski definition) is 1. The van der Waals surface area contributed by atoms with Gasteiger partial charge in [0.1, 0.15) is 0 Å². The Hall–Kier alpha value is 0.690. The highest BCUT2D eigenvalue weighted by Crippen LogP contribution is 2.16. The first-order valence-electron chi connectivity index (χ1n) is 3.97. The van der Waals surface area contributed by atoms with Gasteiger partial charge >= 0.3 is 0 Å². The molecule has 0 aliphatic heterocycles. The third-order valence-electron chi connectivity index (χ3n) is 2.16. The van der Waals surface area contributed by atoms with Gasteiger partial charge in [-0.3, -0.25) is 0 Å². The summed E-state index contributed by atoms with van der Waals surface area (Å²) in [6, 6.07) is 0. The van der Waals surface area contributed by atoms with Crippen molar-refractivity contribution in [2.75, 3.05) is 0 Å². The van der Waals surface area contributed by atoms with Crippen LogP contribution in [0.15, 0.2) is 0 Å². The predicted octanol–water partition coefficient (Wildman–Crippen LogP) is 2.92. The highest BCUT2D eigenvalue weighted by molar-refractivity contribution is 14.0. The highest BCUT2D eigenvalue weighted by Gasteiger charge is 2.17. The molecule has 2 heteroatoms. The fourth-order valence-corrected chi connectivity index (χ4v) is 1.10. The average molecular weight is 257 g/mol. The second kappa shape index (κ2) is 6.40. The summed E-state index contributed by atoms with van der Waals surface area (Å²) >= 11 is 0.